The van der Waals surface area contributed by atoms with Crippen molar-refractivity contribution in [3.8, 4) is 17.1 Å². The largest absolute Gasteiger partial charge is 0.497 e. The number of nitrogens with one attached hydrogen (secondary N) is 1. The van der Waals surface area contributed by atoms with Crippen molar-refractivity contribution in [1.82, 2.24) is 15.5 Å². The molecule has 1 heterocycles. The average Bonchev–Trinajstić information content (AvgIpc) is 2.94. The molecule has 5 nitrogen and oxygen atoms in total. The van der Waals surface area contributed by atoms with Crippen molar-refractivity contribution >= 4 is 12.4 Å². The molecule has 1 aromatic carbocycles. The van der Waals surface area contributed by atoms with Gasteiger partial charge in [0.15, 0.2) is 0 Å². The van der Waals surface area contributed by atoms with E-state index in [1.165, 1.54) is 0 Å². The van der Waals surface area contributed by atoms with Gasteiger partial charge in [0, 0.05) is 5.56 Å². The first-order valence-corrected chi connectivity index (χ1v) is 6.46. The zero-order valence-electron chi connectivity index (χ0n) is 11.9. The van der Waals surface area contributed by atoms with Crippen LogP contribution in [-0.4, -0.2) is 23.8 Å². The van der Waals surface area contributed by atoms with E-state index in [9.17, 15) is 0 Å². The SMILES string of the molecule is CCCNC(C)c1nc(-c2ccc(OC)cc2)no1.Cl. The Balaban J connectivity index is 0.00000200. The van der Waals surface area contributed by atoms with Crippen LogP contribution in [0.4, 0.5) is 0 Å². The summed E-state index contributed by atoms with van der Waals surface area (Å²) in [5.74, 6) is 2.02. The number of nitrogens with zero attached hydrogens (tertiary/aromatic N) is 2. The van der Waals surface area contributed by atoms with E-state index in [1.807, 2.05) is 31.2 Å². The highest BCUT2D eigenvalue weighted by atomic mass is 35.5. The van der Waals surface area contributed by atoms with Gasteiger partial charge in [0.05, 0.1) is 13.2 Å². The van der Waals surface area contributed by atoms with Crippen molar-refractivity contribution in [2.24, 2.45) is 0 Å². The van der Waals surface area contributed by atoms with E-state index in [1.54, 1.807) is 7.11 Å². The van der Waals surface area contributed by atoms with Crippen LogP contribution in [0.3, 0.4) is 0 Å². The number of methoxy groups -OCH3 is 1. The summed E-state index contributed by atoms with van der Waals surface area (Å²) in [6.07, 6.45) is 1.07. The van der Waals surface area contributed by atoms with Crippen LogP contribution in [0.5, 0.6) is 5.75 Å². The number of benzene rings is 1. The first-order valence-electron chi connectivity index (χ1n) is 6.46. The van der Waals surface area contributed by atoms with Gasteiger partial charge in [-0.3, -0.25) is 0 Å². The molecule has 20 heavy (non-hydrogen) atoms. The second-order valence-corrected chi connectivity index (χ2v) is 4.36. The van der Waals surface area contributed by atoms with Crippen LogP contribution in [0, 0.1) is 0 Å². The molecule has 0 spiro atoms. The summed E-state index contributed by atoms with van der Waals surface area (Å²) in [6.45, 7) is 5.07. The molecule has 0 fully saturated rings. The van der Waals surface area contributed by atoms with Crippen molar-refractivity contribution in [3.63, 3.8) is 0 Å². The summed E-state index contributed by atoms with van der Waals surface area (Å²) in [4.78, 5) is 4.41. The lowest BCUT2D eigenvalue weighted by Crippen LogP contribution is -2.19. The molecule has 6 heteroatoms. The molecule has 0 aliphatic rings. The summed E-state index contributed by atoms with van der Waals surface area (Å²) in [5, 5.41) is 7.32. The minimum absolute atomic E-state index is 0. The molecule has 110 valence electrons. The van der Waals surface area contributed by atoms with Gasteiger partial charge in [0.2, 0.25) is 11.7 Å². The Labute approximate surface area is 125 Å². The molecular formula is C14H20ClN3O2. The van der Waals surface area contributed by atoms with Gasteiger partial charge in [-0.05, 0) is 44.2 Å². The third-order valence-electron chi connectivity index (χ3n) is 2.86. The maximum atomic E-state index is 5.28. The minimum Gasteiger partial charge on any atom is -0.497 e. The smallest absolute Gasteiger partial charge is 0.243 e. The Morgan fingerprint density at radius 2 is 2.00 bits per heavy atom. The van der Waals surface area contributed by atoms with Gasteiger partial charge in [0.1, 0.15) is 5.75 Å². The highest BCUT2D eigenvalue weighted by Gasteiger charge is 2.14. The topological polar surface area (TPSA) is 60.2 Å². The summed E-state index contributed by atoms with van der Waals surface area (Å²) in [5.41, 5.74) is 0.915. The zero-order chi connectivity index (χ0) is 13.7. The molecule has 0 saturated carbocycles. The van der Waals surface area contributed by atoms with E-state index >= 15 is 0 Å². The molecule has 2 rings (SSSR count). The molecule has 0 radical (unpaired) electrons. The third kappa shape index (κ3) is 3.95. The minimum atomic E-state index is 0. The quantitative estimate of drug-likeness (QED) is 0.887. The molecule has 0 bridgehead atoms. The van der Waals surface area contributed by atoms with Gasteiger partial charge >= 0.3 is 0 Å². The summed E-state index contributed by atoms with van der Waals surface area (Å²) >= 11 is 0. The van der Waals surface area contributed by atoms with Gasteiger partial charge < -0.3 is 14.6 Å². The van der Waals surface area contributed by atoms with E-state index < -0.39 is 0 Å². The lowest BCUT2D eigenvalue weighted by molar-refractivity contribution is 0.340. The molecule has 0 aliphatic carbocycles. The lowest BCUT2D eigenvalue weighted by atomic mass is 10.2. The predicted molar refractivity (Wildman–Crippen MR) is 80.2 cm³/mol. The maximum Gasteiger partial charge on any atom is 0.243 e. The van der Waals surface area contributed by atoms with Crippen LogP contribution in [0.1, 0.15) is 32.2 Å². The number of hydrogen-bond donors (Lipinski definition) is 1. The molecule has 0 saturated heterocycles. The fourth-order valence-electron chi connectivity index (χ4n) is 1.72. The first-order chi connectivity index (χ1) is 9.24. The molecule has 0 aliphatic heterocycles. The number of hydrogen-bond acceptors (Lipinski definition) is 5. The molecule has 1 aromatic heterocycles. The van der Waals surface area contributed by atoms with Crippen LogP contribution in [0.25, 0.3) is 11.4 Å². The summed E-state index contributed by atoms with van der Waals surface area (Å²) in [7, 11) is 1.64. The van der Waals surface area contributed by atoms with Crippen LogP contribution in [-0.2, 0) is 0 Å². The van der Waals surface area contributed by atoms with Crippen molar-refractivity contribution in [1.29, 1.82) is 0 Å². The van der Waals surface area contributed by atoms with Gasteiger partial charge in [-0.1, -0.05) is 12.1 Å². The molecule has 1 unspecified atom stereocenters. The predicted octanol–water partition coefficient (Wildman–Crippen LogP) is 3.23. The van der Waals surface area contributed by atoms with Crippen molar-refractivity contribution in [2.45, 2.75) is 26.3 Å². The van der Waals surface area contributed by atoms with Crippen LogP contribution >= 0.6 is 12.4 Å². The second-order valence-electron chi connectivity index (χ2n) is 4.36. The van der Waals surface area contributed by atoms with E-state index in [0.717, 1.165) is 24.3 Å². The Hall–Kier alpha value is -1.59. The van der Waals surface area contributed by atoms with Crippen molar-refractivity contribution in [3.05, 3.63) is 30.2 Å². The highest BCUT2D eigenvalue weighted by Crippen LogP contribution is 2.21. The van der Waals surface area contributed by atoms with Gasteiger partial charge in [-0.25, -0.2) is 0 Å². The first kappa shape index (κ1) is 16.5. The summed E-state index contributed by atoms with van der Waals surface area (Å²) in [6, 6.07) is 7.66. The Bertz CT molecular complexity index is 513. The average molecular weight is 298 g/mol. The van der Waals surface area contributed by atoms with Gasteiger partial charge in [-0.2, -0.15) is 4.98 Å². The lowest BCUT2D eigenvalue weighted by Gasteiger charge is -2.06. The Morgan fingerprint density at radius 3 is 2.60 bits per heavy atom. The number of halogens is 1. The van der Waals surface area contributed by atoms with Crippen LogP contribution in [0.15, 0.2) is 28.8 Å². The highest BCUT2D eigenvalue weighted by molar-refractivity contribution is 5.85. The van der Waals surface area contributed by atoms with Gasteiger partial charge in [0.25, 0.3) is 0 Å². The molecule has 1 N–H and O–H groups in total. The zero-order valence-corrected chi connectivity index (χ0v) is 12.7. The second kappa shape index (κ2) is 7.87. The maximum absolute atomic E-state index is 5.28. The molecule has 2 aromatic rings. The van der Waals surface area contributed by atoms with E-state index in [-0.39, 0.29) is 18.4 Å². The van der Waals surface area contributed by atoms with E-state index in [2.05, 4.69) is 22.4 Å². The number of rotatable bonds is 6. The Morgan fingerprint density at radius 1 is 1.30 bits per heavy atom. The fraction of sp³-hybridized carbons (Fsp3) is 0.429. The fourth-order valence-corrected chi connectivity index (χ4v) is 1.72. The third-order valence-corrected chi connectivity index (χ3v) is 2.86. The monoisotopic (exact) mass is 297 g/mol. The standard InChI is InChI=1S/C14H19N3O2.ClH/c1-4-9-15-10(2)14-16-13(17-19-14)11-5-7-12(18-3)8-6-11;/h5-8,10,15H,4,9H2,1-3H3;1H. The summed E-state index contributed by atoms with van der Waals surface area (Å²) < 4.78 is 10.4. The van der Waals surface area contributed by atoms with Crippen molar-refractivity contribution in [2.75, 3.05) is 13.7 Å². The molecule has 0 amide bonds. The number of ether oxygens (including phenoxy) is 1. The van der Waals surface area contributed by atoms with Crippen LogP contribution in [0.2, 0.25) is 0 Å². The van der Waals surface area contributed by atoms with E-state index in [4.69, 9.17) is 9.26 Å². The molecule has 1 atom stereocenters. The normalized spacial score (nSPS) is 11.8. The Kier molecular flexibility index (Phi) is 6.48. The number of aromatic nitrogens is 2. The molecular weight excluding hydrogens is 278 g/mol. The van der Waals surface area contributed by atoms with Gasteiger partial charge in [-0.15, -0.1) is 12.4 Å². The van der Waals surface area contributed by atoms with Crippen LogP contribution < -0.4 is 10.1 Å². The van der Waals surface area contributed by atoms with E-state index in [0.29, 0.717) is 11.7 Å². The van der Waals surface area contributed by atoms with Crippen molar-refractivity contribution < 1.29 is 9.26 Å².